The fourth-order valence-electron chi connectivity index (χ4n) is 2.72. The zero-order chi connectivity index (χ0) is 24.8. The monoisotopic (exact) mass is 490 g/mol. The van der Waals surface area contributed by atoms with Gasteiger partial charge >= 0.3 is 0 Å². The Balaban J connectivity index is 0.000000307. The van der Waals surface area contributed by atoms with E-state index in [9.17, 15) is 4.79 Å². The highest BCUT2D eigenvalue weighted by atomic mass is 32.2. The van der Waals surface area contributed by atoms with Crippen molar-refractivity contribution in [3.05, 3.63) is 66.5 Å². The highest BCUT2D eigenvalue weighted by Crippen LogP contribution is 2.43. The van der Waals surface area contributed by atoms with Gasteiger partial charge in [0.2, 0.25) is 0 Å². The minimum absolute atomic E-state index is 0.219. The van der Waals surface area contributed by atoms with E-state index in [0.29, 0.717) is 5.76 Å². The van der Waals surface area contributed by atoms with E-state index in [4.69, 9.17) is 14.2 Å². The molecule has 1 aliphatic rings. The first kappa shape index (κ1) is 28.5. The number of nitrogens with one attached hydrogen (secondary N) is 2. The number of carbonyl (C=O) groups is 1. The van der Waals surface area contributed by atoms with E-state index < -0.39 is 6.10 Å². The van der Waals surface area contributed by atoms with Gasteiger partial charge in [-0.25, -0.2) is 0 Å². The maximum atomic E-state index is 11.0. The van der Waals surface area contributed by atoms with Crippen molar-refractivity contribution in [2.75, 3.05) is 26.6 Å². The van der Waals surface area contributed by atoms with Crippen LogP contribution >= 0.6 is 24.4 Å². The summed E-state index contributed by atoms with van der Waals surface area (Å²) in [6, 6.07) is 11.2. The van der Waals surface area contributed by atoms with Gasteiger partial charge in [0.1, 0.15) is 11.3 Å². The van der Waals surface area contributed by atoms with Gasteiger partial charge in [-0.3, -0.25) is 10.1 Å². The van der Waals surface area contributed by atoms with Crippen molar-refractivity contribution in [1.29, 1.82) is 0 Å². The third-order valence-electron chi connectivity index (χ3n) is 4.37. The second-order valence-corrected chi connectivity index (χ2v) is 7.96. The van der Waals surface area contributed by atoms with Crippen LogP contribution in [-0.4, -0.2) is 33.1 Å². The van der Waals surface area contributed by atoms with Gasteiger partial charge in [-0.1, -0.05) is 44.3 Å². The summed E-state index contributed by atoms with van der Waals surface area (Å²) < 4.78 is 16.0. The van der Waals surface area contributed by atoms with Gasteiger partial charge in [-0.15, -0.1) is 12.6 Å². The number of thioether (sulfide) groups is 1. The Kier molecular flexibility index (Phi) is 13.2. The van der Waals surface area contributed by atoms with Crippen LogP contribution in [0.2, 0.25) is 0 Å². The Morgan fingerprint density at radius 2 is 1.79 bits per heavy atom. The van der Waals surface area contributed by atoms with E-state index in [1.54, 1.807) is 38.1 Å². The molecule has 2 aromatic rings. The fraction of sp³-hybridized carbons (Fsp3) is 0.320. The van der Waals surface area contributed by atoms with Crippen molar-refractivity contribution >= 4 is 36.4 Å². The predicted molar refractivity (Wildman–Crippen MR) is 141 cm³/mol. The Morgan fingerprint density at radius 3 is 2.27 bits per heavy atom. The molecule has 0 spiro atoms. The number of rotatable bonds is 8. The minimum Gasteiger partial charge on any atom is -0.493 e. The van der Waals surface area contributed by atoms with Gasteiger partial charge in [0.25, 0.3) is 0 Å². The second kappa shape index (κ2) is 15.3. The third-order valence-corrected chi connectivity index (χ3v) is 5.85. The molecule has 180 valence electrons. The standard InChI is InChI=1S/C13H14O2S.C10H14N2O2S.C2H6/c1-3-11(4-2)15-13(9-14)10-5-7-12(16)8-6-10;1-11-10-12-6-4-7(13-2)8(14-3)5-9(6)15-10;1-2/h3-9,13,16H,1H2,2H3;4-5,10-12H,1-3H3;1-2H3/b11-4+;;. The van der Waals surface area contributed by atoms with Gasteiger partial charge in [0.05, 0.1) is 19.9 Å². The first-order valence-corrected chi connectivity index (χ1v) is 11.9. The molecule has 1 aliphatic heterocycles. The van der Waals surface area contributed by atoms with Crippen LogP contribution in [0.15, 0.2) is 70.7 Å². The lowest BCUT2D eigenvalue weighted by Gasteiger charge is -2.14. The molecule has 0 fully saturated rings. The first-order valence-electron chi connectivity index (χ1n) is 10.6. The number of anilines is 1. The summed E-state index contributed by atoms with van der Waals surface area (Å²) in [7, 11) is 5.21. The van der Waals surface area contributed by atoms with Crippen LogP contribution in [-0.2, 0) is 9.53 Å². The van der Waals surface area contributed by atoms with Crippen LogP contribution in [0, 0.1) is 0 Å². The Hall–Kier alpha value is -2.55. The zero-order valence-electron chi connectivity index (χ0n) is 20.0. The van der Waals surface area contributed by atoms with E-state index >= 15 is 0 Å². The number of hydrogen-bond acceptors (Lipinski definition) is 8. The quantitative estimate of drug-likeness (QED) is 0.179. The van der Waals surface area contributed by atoms with Crippen molar-refractivity contribution in [2.24, 2.45) is 0 Å². The minimum atomic E-state index is -0.599. The van der Waals surface area contributed by atoms with E-state index in [2.05, 4.69) is 29.8 Å². The van der Waals surface area contributed by atoms with Crippen LogP contribution < -0.4 is 20.1 Å². The molecule has 2 aromatic carbocycles. The van der Waals surface area contributed by atoms with Crippen LogP contribution in [0.25, 0.3) is 0 Å². The van der Waals surface area contributed by atoms with Crippen molar-refractivity contribution in [3.63, 3.8) is 0 Å². The zero-order valence-corrected chi connectivity index (χ0v) is 21.8. The van der Waals surface area contributed by atoms with Gasteiger partial charge in [-0.05, 0) is 49.9 Å². The number of thiol groups is 1. The molecule has 2 N–H and O–H groups in total. The lowest BCUT2D eigenvalue weighted by atomic mass is 10.1. The number of ether oxygens (including phenoxy) is 3. The fourth-order valence-corrected chi connectivity index (χ4v) is 3.85. The SMILES string of the molecule is C=C/C(=C\C)OC(C=O)c1ccc(S)cc1.CC.CNC1Nc2cc(OC)c(OC)cc2S1. The maximum absolute atomic E-state index is 11.0. The number of carbonyl (C=O) groups excluding carboxylic acids is 1. The molecule has 6 nitrogen and oxygen atoms in total. The number of benzene rings is 2. The number of hydrogen-bond donors (Lipinski definition) is 3. The Bertz CT molecular complexity index is 884. The summed E-state index contributed by atoms with van der Waals surface area (Å²) >= 11 is 5.91. The largest absolute Gasteiger partial charge is 0.493 e. The molecule has 0 amide bonds. The molecule has 2 atom stereocenters. The summed E-state index contributed by atoms with van der Waals surface area (Å²) in [6.45, 7) is 9.43. The highest BCUT2D eigenvalue weighted by molar-refractivity contribution is 8.00. The number of aldehydes is 1. The van der Waals surface area contributed by atoms with Gasteiger partial charge < -0.3 is 19.5 Å². The molecular weight excluding hydrogens is 456 g/mol. The van der Waals surface area contributed by atoms with E-state index in [1.165, 1.54) is 4.90 Å². The Morgan fingerprint density at radius 1 is 1.18 bits per heavy atom. The van der Waals surface area contributed by atoms with Crippen molar-refractivity contribution in [1.82, 2.24) is 5.32 Å². The molecule has 3 rings (SSSR count). The molecule has 0 bridgehead atoms. The molecule has 0 saturated heterocycles. The maximum Gasteiger partial charge on any atom is 0.179 e. The first-order chi connectivity index (χ1) is 16.0. The van der Waals surface area contributed by atoms with Crippen LogP contribution in [0.4, 0.5) is 5.69 Å². The third kappa shape index (κ3) is 8.38. The summed E-state index contributed by atoms with van der Waals surface area (Å²) in [4.78, 5) is 13.0. The van der Waals surface area contributed by atoms with Crippen molar-refractivity contribution in [3.8, 4) is 11.5 Å². The van der Waals surface area contributed by atoms with Gasteiger partial charge in [0.15, 0.2) is 23.9 Å². The average Bonchev–Trinajstić information content (AvgIpc) is 3.28. The summed E-state index contributed by atoms with van der Waals surface area (Å²) in [5, 5.41) is 6.48. The van der Waals surface area contributed by atoms with E-state index in [-0.39, 0.29) is 5.50 Å². The summed E-state index contributed by atoms with van der Waals surface area (Å²) in [6.07, 6.45) is 3.50. The van der Waals surface area contributed by atoms with Crippen molar-refractivity contribution < 1.29 is 19.0 Å². The smallest absolute Gasteiger partial charge is 0.179 e. The molecule has 0 aliphatic carbocycles. The lowest BCUT2D eigenvalue weighted by molar-refractivity contribution is -0.115. The molecule has 0 saturated carbocycles. The normalized spacial score (nSPS) is 14.8. The van der Waals surface area contributed by atoms with Crippen LogP contribution in [0.5, 0.6) is 11.5 Å². The van der Waals surface area contributed by atoms with Gasteiger partial charge in [0, 0.05) is 15.9 Å². The van der Waals surface area contributed by atoms with E-state index in [1.807, 2.05) is 64.2 Å². The predicted octanol–water partition coefficient (Wildman–Crippen LogP) is 6.07. The molecule has 2 unspecified atom stereocenters. The highest BCUT2D eigenvalue weighted by Gasteiger charge is 2.22. The molecule has 8 heteroatoms. The molecular formula is C25H34N2O4S2. The number of fused-ring (bicyclic) bond motifs is 1. The molecule has 0 aromatic heterocycles. The number of methoxy groups -OCH3 is 2. The number of allylic oxidation sites excluding steroid dienone is 2. The van der Waals surface area contributed by atoms with Crippen molar-refractivity contribution in [2.45, 2.75) is 42.2 Å². The average molecular weight is 491 g/mol. The molecule has 1 heterocycles. The lowest BCUT2D eigenvalue weighted by Crippen LogP contribution is -2.26. The van der Waals surface area contributed by atoms with Crippen LogP contribution in [0.1, 0.15) is 32.4 Å². The van der Waals surface area contributed by atoms with E-state index in [0.717, 1.165) is 33.9 Å². The molecule has 33 heavy (non-hydrogen) atoms. The van der Waals surface area contributed by atoms with Crippen LogP contribution in [0.3, 0.4) is 0 Å². The topological polar surface area (TPSA) is 68.8 Å². The summed E-state index contributed by atoms with van der Waals surface area (Å²) in [5.41, 5.74) is 2.10. The Labute approximate surface area is 207 Å². The van der Waals surface area contributed by atoms with Gasteiger partial charge in [-0.2, -0.15) is 0 Å². The summed E-state index contributed by atoms with van der Waals surface area (Å²) in [5.74, 6) is 2.11. The molecule has 0 radical (unpaired) electrons. The second-order valence-electron chi connectivity index (χ2n) is 6.30.